The van der Waals surface area contributed by atoms with E-state index in [2.05, 4.69) is 5.32 Å². The highest BCUT2D eigenvalue weighted by atomic mass is 32.2. The average molecular weight is 340 g/mol. The van der Waals surface area contributed by atoms with Crippen molar-refractivity contribution in [2.24, 2.45) is 0 Å². The zero-order valence-electron chi connectivity index (χ0n) is 13.6. The minimum Gasteiger partial charge on any atom is -0.492 e. The van der Waals surface area contributed by atoms with Crippen molar-refractivity contribution in [3.63, 3.8) is 0 Å². The van der Waals surface area contributed by atoms with Gasteiger partial charge in [-0.15, -0.1) is 0 Å². The van der Waals surface area contributed by atoms with Gasteiger partial charge in [-0.3, -0.25) is 9.10 Å². The van der Waals surface area contributed by atoms with Crippen LogP contribution < -0.4 is 14.4 Å². The molecule has 0 radical (unpaired) electrons. The number of carbonyl (C=O) groups is 1. The van der Waals surface area contributed by atoms with Gasteiger partial charge in [0.05, 0.1) is 18.6 Å². The molecule has 1 amide bonds. The Morgan fingerprint density at radius 3 is 2.65 bits per heavy atom. The van der Waals surface area contributed by atoms with E-state index >= 15 is 0 Å². The van der Waals surface area contributed by atoms with Gasteiger partial charge < -0.3 is 10.1 Å². The maximum absolute atomic E-state index is 12.1. The standard InChI is InChI=1S/C16H24N2O4S/c1-3-22-15-8-5-4-7-14(15)18(23(2,20)21)12-6-9-16(19)17-13-10-11-13/h4-5,7-8,13H,3,6,9-12H2,1-2H3,(H,17,19). The Morgan fingerprint density at radius 2 is 2.04 bits per heavy atom. The molecule has 0 aliphatic heterocycles. The highest BCUT2D eigenvalue weighted by molar-refractivity contribution is 7.92. The van der Waals surface area contributed by atoms with Crippen LogP contribution in [0.3, 0.4) is 0 Å². The van der Waals surface area contributed by atoms with E-state index in [0.717, 1.165) is 12.8 Å². The molecule has 23 heavy (non-hydrogen) atoms. The summed E-state index contributed by atoms with van der Waals surface area (Å²) < 4.78 is 31.1. The highest BCUT2D eigenvalue weighted by Gasteiger charge is 2.24. The minimum atomic E-state index is -3.45. The summed E-state index contributed by atoms with van der Waals surface area (Å²) >= 11 is 0. The van der Waals surface area contributed by atoms with E-state index in [1.807, 2.05) is 6.92 Å². The molecular weight excluding hydrogens is 316 g/mol. The van der Waals surface area contributed by atoms with E-state index in [9.17, 15) is 13.2 Å². The van der Waals surface area contributed by atoms with Crippen LogP contribution in [0, 0.1) is 0 Å². The van der Waals surface area contributed by atoms with Crippen molar-refractivity contribution in [1.29, 1.82) is 0 Å². The van der Waals surface area contributed by atoms with Crippen molar-refractivity contribution in [2.75, 3.05) is 23.7 Å². The lowest BCUT2D eigenvalue weighted by Crippen LogP contribution is -2.32. The van der Waals surface area contributed by atoms with Gasteiger partial charge in [0.15, 0.2) is 0 Å². The maximum Gasteiger partial charge on any atom is 0.232 e. The molecule has 2 rings (SSSR count). The lowest BCUT2D eigenvalue weighted by Gasteiger charge is -2.24. The molecule has 128 valence electrons. The second kappa shape index (κ2) is 7.68. The smallest absolute Gasteiger partial charge is 0.232 e. The SMILES string of the molecule is CCOc1ccccc1N(CCCC(=O)NC1CC1)S(C)(=O)=O. The van der Waals surface area contributed by atoms with E-state index in [4.69, 9.17) is 4.74 Å². The van der Waals surface area contributed by atoms with E-state index in [0.29, 0.717) is 36.9 Å². The fraction of sp³-hybridized carbons (Fsp3) is 0.562. The van der Waals surface area contributed by atoms with Gasteiger partial charge in [-0.05, 0) is 38.3 Å². The Balaban J connectivity index is 2.04. The van der Waals surface area contributed by atoms with Gasteiger partial charge in [-0.1, -0.05) is 12.1 Å². The summed E-state index contributed by atoms with van der Waals surface area (Å²) in [6.07, 6.45) is 4.04. The number of sulfonamides is 1. The first-order chi connectivity index (χ1) is 10.9. The van der Waals surface area contributed by atoms with Crippen molar-refractivity contribution in [3.05, 3.63) is 24.3 Å². The van der Waals surface area contributed by atoms with Crippen molar-refractivity contribution in [3.8, 4) is 5.75 Å². The number of para-hydroxylation sites is 2. The number of rotatable bonds is 9. The van der Waals surface area contributed by atoms with E-state index in [-0.39, 0.29) is 12.5 Å². The maximum atomic E-state index is 12.1. The summed E-state index contributed by atoms with van der Waals surface area (Å²) in [6, 6.07) is 7.37. The Morgan fingerprint density at radius 1 is 1.35 bits per heavy atom. The summed E-state index contributed by atoms with van der Waals surface area (Å²) in [5.74, 6) is 0.516. The summed E-state index contributed by atoms with van der Waals surface area (Å²) in [6.45, 7) is 2.56. The molecule has 0 spiro atoms. The molecule has 0 saturated heterocycles. The number of carbonyl (C=O) groups excluding carboxylic acids is 1. The lowest BCUT2D eigenvalue weighted by molar-refractivity contribution is -0.121. The first kappa shape index (κ1) is 17.6. The van der Waals surface area contributed by atoms with Crippen molar-refractivity contribution in [1.82, 2.24) is 5.32 Å². The van der Waals surface area contributed by atoms with Gasteiger partial charge in [0.1, 0.15) is 5.75 Å². The monoisotopic (exact) mass is 340 g/mol. The third kappa shape index (κ3) is 5.42. The number of amides is 1. The van der Waals surface area contributed by atoms with Gasteiger partial charge in [0, 0.05) is 19.0 Å². The van der Waals surface area contributed by atoms with E-state index in [1.54, 1.807) is 24.3 Å². The second-order valence-corrected chi connectivity index (χ2v) is 7.59. The normalized spacial score (nSPS) is 14.3. The molecule has 1 aromatic carbocycles. The third-order valence-electron chi connectivity index (χ3n) is 3.54. The number of anilines is 1. The molecule has 0 atom stereocenters. The highest BCUT2D eigenvalue weighted by Crippen LogP contribution is 2.30. The molecule has 6 nitrogen and oxygen atoms in total. The zero-order valence-corrected chi connectivity index (χ0v) is 14.4. The summed E-state index contributed by atoms with van der Waals surface area (Å²) in [7, 11) is -3.45. The number of nitrogens with zero attached hydrogens (tertiary/aromatic N) is 1. The molecule has 1 N–H and O–H groups in total. The number of ether oxygens (including phenoxy) is 1. The Hall–Kier alpha value is -1.76. The third-order valence-corrected chi connectivity index (χ3v) is 4.72. The van der Waals surface area contributed by atoms with Crippen LogP contribution in [0.4, 0.5) is 5.69 Å². The van der Waals surface area contributed by atoms with Gasteiger partial charge in [0.25, 0.3) is 0 Å². The van der Waals surface area contributed by atoms with Crippen LogP contribution in [0.15, 0.2) is 24.3 Å². The molecule has 1 aromatic rings. The second-order valence-electron chi connectivity index (χ2n) is 5.68. The first-order valence-corrected chi connectivity index (χ1v) is 9.75. The number of hydrogen-bond donors (Lipinski definition) is 1. The molecule has 0 heterocycles. The van der Waals surface area contributed by atoms with Crippen LogP contribution in [0.5, 0.6) is 5.75 Å². The largest absolute Gasteiger partial charge is 0.492 e. The zero-order chi connectivity index (χ0) is 16.9. The summed E-state index contributed by atoms with van der Waals surface area (Å²) in [5.41, 5.74) is 0.513. The van der Waals surface area contributed by atoms with Gasteiger partial charge in [-0.25, -0.2) is 8.42 Å². The summed E-state index contributed by atoms with van der Waals surface area (Å²) in [4.78, 5) is 11.7. The van der Waals surface area contributed by atoms with Crippen LogP contribution in [0.25, 0.3) is 0 Å². The predicted molar refractivity (Wildman–Crippen MR) is 90.2 cm³/mol. The van der Waals surface area contributed by atoms with Crippen molar-refractivity contribution in [2.45, 2.75) is 38.6 Å². The number of benzene rings is 1. The number of hydrogen-bond acceptors (Lipinski definition) is 4. The van der Waals surface area contributed by atoms with Crippen molar-refractivity contribution < 1.29 is 17.9 Å². The topological polar surface area (TPSA) is 75.7 Å². The van der Waals surface area contributed by atoms with Crippen LogP contribution in [-0.2, 0) is 14.8 Å². The van der Waals surface area contributed by atoms with Crippen LogP contribution in [-0.4, -0.2) is 39.8 Å². The van der Waals surface area contributed by atoms with Gasteiger partial charge in [0.2, 0.25) is 15.9 Å². The average Bonchev–Trinajstić information content (AvgIpc) is 3.27. The fourth-order valence-electron chi connectivity index (χ4n) is 2.32. The fourth-order valence-corrected chi connectivity index (χ4v) is 3.29. The minimum absolute atomic E-state index is 0.0148. The molecule has 1 aliphatic carbocycles. The Labute approximate surface area is 137 Å². The quantitative estimate of drug-likeness (QED) is 0.745. The Bertz CT molecular complexity index is 641. The van der Waals surface area contributed by atoms with Crippen LogP contribution in [0.2, 0.25) is 0 Å². The first-order valence-electron chi connectivity index (χ1n) is 7.90. The summed E-state index contributed by atoms with van der Waals surface area (Å²) in [5, 5.41) is 2.91. The van der Waals surface area contributed by atoms with E-state index in [1.165, 1.54) is 10.6 Å². The van der Waals surface area contributed by atoms with E-state index < -0.39 is 10.0 Å². The van der Waals surface area contributed by atoms with Gasteiger partial charge >= 0.3 is 0 Å². The molecule has 0 bridgehead atoms. The Kier molecular flexibility index (Phi) is 5.87. The van der Waals surface area contributed by atoms with Crippen LogP contribution >= 0.6 is 0 Å². The molecular formula is C16H24N2O4S. The lowest BCUT2D eigenvalue weighted by atomic mass is 10.2. The molecule has 0 unspecified atom stereocenters. The van der Waals surface area contributed by atoms with Crippen LogP contribution in [0.1, 0.15) is 32.6 Å². The molecule has 0 aromatic heterocycles. The molecule has 7 heteroatoms. The molecule has 1 saturated carbocycles. The van der Waals surface area contributed by atoms with Gasteiger partial charge in [-0.2, -0.15) is 0 Å². The number of nitrogens with one attached hydrogen (secondary N) is 1. The predicted octanol–water partition coefficient (Wildman–Crippen LogP) is 1.91. The van der Waals surface area contributed by atoms with Crippen molar-refractivity contribution >= 4 is 21.6 Å². The molecule has 1 fully saturated rings. The molecule has 1 aliphatic rings.